The van der Waals surface area contributed by atoms with Crippen LogP contribution in [0.25, 0.3) is 0 Å². The highest BCUT2D eigenvalue weighted by molar-refractivity contribution is 5.74. The Morgan fingerprint density at radius 1 is 1.20 bits per heavy atom. The Balaban J connectivity index is 1.37. The fourth-order valence-electron chi connectivity index (χ4n) is 3.96. The van der Waals surface area contributed by atoms with Crippen LogP contribution in [0.1, 0.15) is 50.2 Å². The number of amides is 2. The molecular formula is C19H28FN3O2. The van der Waals surface area contributed by atoms with Crippen LogP contribution in [0.5, 0.6) is 0 Å². The molecular weight excluding hydrogens is 321 g/mol. The normalized spacial score (nSPS) is 21.2. The number of hydrogen-bond acceptors (Lipinski definition) is 3. The lowest BCUT2D eigenvalue weighted by molar-refractivity contribution is 0.143. The molecule has 2 fully saturated rings. The van der Waals surface area contributed by atoms with Crippen LogP contribution in [0.4, 0.5) is 9.18 Å². The molecule has 1 aromatic carbocycles. The van der Waals surface area contributed by atoms with Crippen molar-refractivity contribution in [3.05, 3.63) is 35.6 Å². The van der Waals surface area contributed by atoms with Gasteiger partial charge in [0.15, 0.2) is 0 Å². The molecule has 1 aromatic rings. The van der Waals surface area contributed by atoms with Crippen molar-refractivity contribution in [3.8, 4) is 0 Å². The monoisotopic (exact) mass is 349 g/mol. The minimum absolute atomic E-state index is 0.00626. The predicted octanol–water partition coefficient (Wildman–Crippen LogP) is 2.57. The number of halogens is 1. The summed E-state index contributed by atoms with van der Waals surface area (Å²) in [5.74, 6) is -0.462. The summed E-state index contributed by atoms with van der Waals surface area (Å²) in [5.41, 5.74) is 0.202. The van der Waals surface area contributed by atoms with E-state index in [-0.39, 0.29) is 24.2 Å². The van der Waals surface area contributed by atoms with E-state index in [4.69, 9.17) is 0 Å². The summed E-state index contributed by atoms with van der Waals surface area (Å²) < 4.78 is 13.6. The van der Waals surface area contributed by atoms with Crippen molar-refractivity contribution >= 4 is 6.03 Å². The molecule has 25 heavy (non-hydrogen) atoms. The lowest BCUT2D eigenvalue weighted by Crippen LogP contribution is -2.50. The largest absolute Gasteiger partial charge is 0.386 e. The molecule has 1 aliphatic heterocycles. The molecule has 3 rings (SSSR count). The molecule has 1 saturated carbocycles. The van der Waals surface area contributed by atoms with Crippen molar-refractivity contribution in [3.63, 3.8) is 0 Å². The predicted molar refractivity (Wildman–Crippen MR) is 94.7 cm³/mol. The number of nitrogens with one attached hydrogen (secondary N) is 2. The second kappa shape index (κ2) is 8.63. The van der Waals surface area contributed by atoms with Gasteiger partial charge in [-0.05, 0) is 31.7 Å². The number of aliphatic hydroxyl groups excluding tert-OH is 1. The topological polar surface area (TPSA) is 64.6 Å². The SMILES string of the molecule is O=C(NCC(O)c1ccccc1F)NC1CCN(C2CCCC2)CC1. The molecule has 1 heterocycles. The maximum Gasteiger partial charge on any atom is 0.315 e. The van der Waals surface area contributed by atoms with Gasteiger partial charge in [-0.2, -0.15) is 0 Å². The molecule has 138 valence electrons. The highest BCUT2D eigenvalue weighted by Crippen LogP contribution is 2.26. The van der Waals surface area contributed by atoms with Gasteiger partial charge in [-0.25, -0.2) is 9.18 Å². The van der Waals surface area contributed by atoms with E-state index in [2.05, 4.69) is 15.5 Å². The Labute approximate surface area is 148 Å². The van der Waals surface area contributed by atoms with E-state index in [0.29, 0.717) is 0 Å². The summed E-state index contributed by atoms with van der Waals surface area (Å²) in [6.45, 7) is 2.06. The van der Waals surface area contributed by atoms with Gasteiger partial charge in [0, 0.05) is 37.3 Å². The Morgan fingerprint density at radius 2 is 1.88 bits per heavy atom. The minimum Gasteiger partial charge on any atom is -0.386 e. The number of aliphatic hydroxyl groups is 1. The summed E-state index contributed by atoms with van der Waals surface area (Å²) in [4.78, 5) is 14.6. The van der Waals surface area contributed by atoms with Crippen LogP contribution < -0.4 is 10.6 Å². The zero-order valence-corrected chi connectivity index (χ0v) is 14.6. The highest BCUT2D eigenvalue weighted by Gasteiger charge is 2.27. The molecule has 3 N–H and O–H groups in total. The number of carbonyl (C=O) groups excluding carboxylic acids is 1. The van der Waals surface area contributed by atoms with E-state index in [0.717, 1.165) is 32.0 Å². The number of likely N-dealkylation sites (tertiary alicyclic amines) is 1. The number of benzene rings is 1. The van der Waals surface area contributed by atoms with Gasteiger partial charge in [0.2, 0.25) is 0 Å². The van der Waals surface area contributed by atoms with Gasteiger partial charge in [-0.15, -0.1) is 0 Å². The van der Waals surface area contributed by atoms with Gasteiger partial charge in [0.25, 0.3) is 0 Å². The number of urea groups is 1. The molecule has 2 aliphatic rings. The molecule has 1 saturated heterocycles. The maximum atomic E-state index is 13.6. The average Bonchev–Trinajstić information content (AvgIpc) is 3.15. The van der Waals surface area contributed by atoms with Crippen molar-refractivity contribution in [2.24, 2.45) is 0 Å². The molecule has 2 amide bonds. The van der Waals surface area contributed by atoms with Gasteiger partial charge >= 0.3 is 6.03 Å². The Bertz CT molecular complexity index is 570. The van der Waals surface area contributed by atoms with Crippen molar-refractivity contribution in [1.82, 2.24) is 15.5 Å². The first-order valence-electron chi connectivity index (χ1n) is 9.34. The Morgan fingerprint density at radius 3 is 2.56 bits per heavy atom. The molecule has 0 bridgehead atoms. The summed E-state index contributed by atoms with van der Waals surface area (Å²) in [6.07, 6.45) is 6.18. The fraction of sp³-hybridized carbons (Fsp3) is 0.632. The van der Waals surface area contributed by atoms with E-state index in [1.54, 1.807) is 12.1 Å². The smallest absolute Gasteiger partial charge is 0.315 e. The third-order valence-corrected chi connectivity index (χ3v) is 5.43. The summed E-state index contributed by atoms with van der Waals surface area (Å²) in [7, 11) is 0. The summed E-state index contributed by atoms with van der Waals surface area (Å²) in [5, 5.41) is 15.6. The first kappa shape index (κ1) is 18.1. The van der Waals surface area contributed by atoms with Gasteiger partial charge in [0.05, 0.1) is 6.10 Å². The maximum absolute atomic E-state index is 13.6. The second-order valence-electron chi connectivity index (χ2n) is 7.14. The van der Waals surface area contributed by atoms with E-state index in [1.165, 1.54) is 37.8 Å². The van der Waals surface area contributed by atoms with Crippen molar-refractivity contribution < 1.29 is 14.3 Å². The van der Waals surface area contributed by atoms with Crippen molar-refractivity contribution in [2.75, 3.05) is 19.6 Å². The van der Waals surface area contributed by atoms with E-state index in [1.807, 2.05) is 0 Å². The van der Waals surface area contributed by atoms with Crippen LogP contribution >= 0.6 is 0 Å². The average molecular weight is 349 g/mol. The third kappa shape index (κ3) is 4.92. The zero-order valence-electron chi connectivity index (χ0n) is 14.6. The first-order chi connectivity index (χ1) is 12.1. The van der Waals surface area contributed by atoms with Gasteiger partial charge in [-0.1, -0.05) is 31.0 Å². The number of rotatable bonds is 5. The molecule has 5 nitrogen and oxygen atoms in total. The second-order valence-corrected chi connectivity index (χ2v) is 7.14. The zero-order chi connectivity index (χ0) is 17.6. The quantitative estimate of drug-likeness (QED) is 0.765. The highest BCUT2D eigenvalue weighted by atomic mass is 19.1. The Hall–Kier alpha value is -1.66. The van der Waals surface area contributed by atoms with E-state index in [9.17, 15) is 14.3 Å². The van der Waals surface area contributed by atoms with Gasteiger partial charge in [-0.3, -0.25) is 0 Å². The minimum atomic E-state index is -1.05. The number of carbonyl (C=O) groups is 1. The standard InChI is InChI=1S/C19H28FN3O2/c20-17-8-4-3-7-16(17)18(24)13-21-19(25)22-14-9-11-23(12-10-14)15-5-1-2-6-15/h3-4,7-8,14-15,18,24H,1-2,5-6,9-13H2,(H2,21,22,25). The van der Waals surface area contributed by atoms with E-state index >= 15 is 0 Å². The molecule has 1 aliphatic carbocycles. The fourth-order valence-corrected chi connectivity index (χ4v) is 3.96. The van der Waals surface area contributed by atoms with Crippen LogP contribution in [0, 0.1) is 5.82 Å². The molecule has 0 aromatic heterocycles. The molecule has 6 heteroatoms. The lowest BCUT2D eigenvalue weighted by atomic mass is 10.0. The molecule has 1 unspecified atom stereocenters. The number of piperidine rings is 1. The molecule has 0 radical (unpaired) electrons. The van der Waals surface area contributed by atoms with Crippen molar-refractivity contribution in [2.45, 2.75) is 56.7 Å². The third-order valence-electron chi connectivity index (χ3n) is 5.43. The van der Waals surface area contributed by atoms with Gasteiger partial charge in [0.1, 0.15) is 5.82 Å². The van der Waals surface area contributed by atoms with Gasteiger partial charge < -0.3 is 20.6 Å². The Kier molecular flexibility index (Phi) is 6.26. The first-order valence-corrected chi connectivity index (χ1v) is 9.34. The van der Waals surface area contributed by atoms with Crippen LogP contribution in [-0.2, 0) is 0 Å². The summed E-state index contributed by atoms with van der Waals surface area (Å²) >= 11 is 0. The molecule has 1 atom stereocenters. The van der Waals surface area contributed by atoms with Crippen LogP contribution in [0.2, 0.25) is 0 Å². The lowest BCUT2D eigenvalue weighted by Gasteiger charge is -2.36. The van der Waals surface area contributed by atoms with Crippen LogP contribution in [-0.4, -0.2) is 47.8 Å². The summed E-state index contributed by atoms with van der Waals surface area (Å²) in [6, 6.07) is 6.68. The molecule has 0 spiro atoms. The van der Waals surface area contributed by atoms with E-state index < -0.39 is 11.9 Å². The van der Waals surface area contributed by atoms with Crippen LogP contribution in [0.3, 0.4) is 0 Å². The van der Waals surface area contributed by atoms with Crippen LogP contribution in [0.15, 0.2) is 24.3 Å². The van der Waals surface area contributed by atoms with Crippen molar-refractivity contribution in [1.29, 1.82) is 0 Å². The number of hydrogen-bond donors (Lipinski definition) is 3. The number of nitrogens with zero attached hydrogens (tertiary/aromatic N) is 1.